The molecule has 0 aliphatic carbocycles. The van der Waals surface area contributed by atoms with E-state index in [-0.39, 0.29) is 5.91 Å². The lowest BCUT2D eigenvalue weighted by atomic mass is 10.2. The van der Waals surface area contributed by atoms with E-state index in [1.807, 2.05) is 24.9 Å². The predicted molar refractivity (Wildman–Crippen MR) is 94.4 cm³/mol. The van der Waals surface area contributed by atoms with Crippen molar-refractivity contribution in [1.29, 1.82) is 0 Å². The van der Waals surface area contributed by atoms with Crippen molar-refractivity contribution in [2.24, 2.45) is 0 Å². The van der Waals surface area contributed by atoms with Crippen molar-refractivity contribution in [1.82, 2.24) is 9.97 Å². The molecule has 0 saturated carbocycles. The number of unbranched alkanes of at least 4 members (excludes halogenated alkanes) is 1. The Morgan fingerprint density at radius 3 is 2.83 bits per heavy atom. The van der Waals surface area contributed by atoms with Crippen LogP contribution in [-0.2, 0) is 0 Å². The lowest BCUT2D eigenvalue weighted by Crippen LogP contribution is -2.21. The molecule has 0 fully saturated rings. The van der Waals surface area contributed by atoms with E-state index < -0.39 is 0 Å². The van der Waals surface area contributed by atoms with E-state index in [4.69, 9.17) is 11.6 Å². The summed E-state index contributed by atoms with van der Waals surface area (Å²) in [4.78, 5) is 22.7. The fourth-order valence-corrected chi connectivity index (χ4v) is 2.28. The van der Waals surface area contributed by atoms with Crippen LogP contribution in [0.1, 0.15) is 35.8 Å². The molecule has 6 heteroatoms. The molecule has 0 aliphatic heterocycles. The maximum Gasteiger partial charge on any atom is 0.274 e. The van der Waals surface area contributed by atoms with E-state index in [0.29, 0.717) is 16.4 Å². The Hall–Kier alpha value is -2.14. The first kappa shape index (κ1) is 17.2. The van der Waals surface area contributed by atoms with Gasteiger partial charge in [0, 0.05) is 30.4 Å². The highest BCUT2D eigenvalue weighted by Gasteiger charge is 2.12. The smallest absolute Gasteiger partial charge is 0.274 e. The van der Waals surface area contributed by atoms with E-state index in [9.17, 15) is 4.79 Å². The van der Waals surface area contributed by atoms with Gasteiger partial charge in [0.2, 0.25) is 0 Å². The highest BCUT2D eigenvalue weighted by atomic mass is 35.5. The summed E-state index contributed by atoms with van der Waals surface area (Å²) < 4.78 is 0. The summed E-state index contributed by atoms with van der Waals surface area (Å²) in [7, 11) is 1.96. The van der Waals surface area contributed by atoms with E-state index >= 15 is 0 Å². The van der Waals surface area contributed by atoms with Gasteiger partial charge in [-0.3, -0.25) is 4.79 Å². The predicted octanol–water partition coefficient (Wildman–Crippen LogP) is 3.93. The van der Waals surface area contributed by atoms with Gasteiger partial charge in [-0.15, -0.1) is 0 Å². The van der Waals surface area contributed by atoms with Gasteiger partial charge in [0.05, 0.1) is 0 Å². The second-order valence-corrected chi connectivity index (χ2v) is 5.89. The largest absolute Gasteiger partial charge is 0.360 e. The molecular formula is C17H21ClN4O. The molecule has 1 amide bonds. The van der Waals surface area contributed by atoms with E-state index in [2.05, 4.69) is 22.2 Å². The van der Waals surface area contributed by atoms with Gasteiger partial charge < -0.3 is 10.2 Å². The van der Waals surface area contributed by atoms with Gasteiger partial charge in [-0.2, -0.15) is 0 Å². The topological polar surface area (TPSA) is 58.1 Å². The number of carbonyl (C=O) groups is 1. The standard InChI is InChI=1S/C17H21ClN4O/c1-4-5-8-22(3)16-10-15(19-11-20-16)17(23)21-14-9-13(18)7-6-12(14)2/h6-7,9-11H,4-5,8H2,1-3H3,(H,21,23). The average molecular weight is 333 g/mol. The summed E-state index contributed by atoms with van der Waals surface area (Å²) in [6, 6.07) is 7.08. The van der Waals surface area contributed by atoms with Crippen LogP contribution in [0.2, 0.25) is 5.02 Å². The van der Waals surface area contributed by atoms with Gasteiger partial charge in [0.25, 0.3) is 5.91 Å². The molecule has 0 atom stereocenters. The monoisotopic (exact) mass is 332 g/mol. The zero-order valence-electron chi connectivity index (χ0n) is 13.6. The molecule has 1 aromatic carbocycles. The molecule has 5 nitrogen and oxygen atoms in total. The fraction of sp³-hybridized carbons (Fsp3) is 0.353. The van der Waals surface area contributed by atoms with Crippen LogP contribution in [0.15, 0.2) is 30.6 Å². The summed E-state index contributed by atoms with van der Waals surface area (Å²) in [6.45, 7) is 4.94. The fourth-order valence-electron chi connectivity index (χ4n) is 2.11. The minimum absolute atomic E-state index is 0.275. The minimum Gasteiger partial charge on any atom is -0.360 e. The average Bonchev–Trinajstić information content (AvgIpc) is 2.56. The van der Waals surface area contributed by atoms with E-state index in [1.165, 1.54) is 6.33 Å². The molecule has 0 spiro atoms. The van der Waals surface area contributed by atoms with Gasteiger partial charge in [-0.05, 0) is 31.0 Å². The van der Waals surface area contributed by atoms with Crippen molar-refractivity contribution >= 4 is 29.0 Å². The van der Waals surface area contributed by atoms with Crippen molar-refractivity contribution in [3.8, 4) is 0 Å². The second-order valence-electron chi connectivity index (χ2n) is 5.45. The van der Waals surface area contributed by atoms with Crippen LogP contribution in [0.25, 0.3) is 0 Å². The summed E-state index contributed by atoms with van der Waals surface area (Å²) >= 11 is 5.98. The number of nitrogens with zero attached hydrogens (tertiary/aromatic N) is 3. The lowest BCUT2D eigenvalue weighted by molar-refractivity contribution is 0.102. The first-order valence-electron chi connectivity index (χ1n) is 7.62. The van der Waals surface area contributed by atoms with Crippen molar-refractivity contribution in [2.45, 2.75) is 26.7 Å². The van der Waals surface area contributed by atoms with E-state index in [0.717, 1.165) is 30.8 Å². The second kappa shape index (κ2) is 7.92. The molecule has 122 valence electrons. The van der Waals surface area contributed by atoms with Crippen molar-refractivity contribution in [2.75, 3.05) is 23.8 Å². The molecule has 2 aromatic rings. The molecule has 1 aromatic heterocycles. The van der Waals surface area contributed by atoms with E-state index in [1.54, 1.807) is 18.2 Å². The summed E-state index contributed by atoms with van der Waals surface area (Å²) in [6.07, 6.45) is 3.60. The van der Waals surface area contributed by atoms with Crippen LogP contribution in [0.3, 0.4) is 0 Å². The molecule has 1 heterocycles. The number of aryl methyl sites for hydroxylation is 1. The Morgan fingerprint density at radius 2 is 2.09 bits per heavy atom. The normalized spacial score (nSPS) is 10.4. The SMILES string of the molecule is CCCCN(C)c1cc(C(=O)Nc2cc(Cl)ccc2C)ncn1. The molecule has 1 N–H and O–H groups in total. The molecule has 0 saturated heterocycles. The van der Waals surface area contributed by atoms with Crippen LogP contribution < -0.4 is 10.2 Å². The highest BCUT2D eigenvalue weighted by Crippen LogP contribution is 2.21. The van der Waals surface area contributed by atoms with Gasteiger partial charge >= 0.3 is 0 Å². The third-order valence-corrected chi connectivity index (χ3v) is 3.81. The molecule has 0 radical (unpaired) electrons. The first-order chi connectivity index (χ1) is 11.0. The van der Waals surface area contributed by atoms with Crippen molar-refractivity contribution < 1.29 is 4.79 Å². The quantitative estimate of drug-likeness (QED) is 0.870. The number of hydrogen-bond acceptors (Lipinski definition) is 4. The number of aromatic nitrogens is 2. The van der Waals surface area contributed by atoms with Crippen LogP contribution in [0, 0.1) is 6.92 Å². The van der Waals surface area contributed by atoms with Crippen LogP contribution in [0.4, 0.5) is 11.5 Å². The Labute approximate surface area is 141 Å². The maximum absolute atomic E-state index is 12.4. The number of hydrogen-bond donors (Lipinski definition) is 1. The lowest BCUT2D eigenvalue weighted by Gasteiger charge is -2.17. The number of benzene rings is 1. The Balaban J connectivity index is 2.15. The van der Waals surface area contributed by atoms with Gasteiger partial charge in [-0.1, -0.05) is 31.0 Å². The first-order valence-corrected chi connectivity index (χ1v) is 7.99. The molecule has 0 unspecified atom stereocenters. The van der Waals surface area contributed by atoms with Crippen LogP contribution in [0.5, 0.6) is 0 Å². The number of carbonyl (C=O) groups excluding carboxylic acids is 1. The number of amides is 1. The molecule has 0 bridgehead atoms. The third kappa shape index (κ3) is 4.66. The number of anilines is 2. The molecule has 23 heavy (non-hydrogen) atoms. The summed E-state index contributed by atoms with van der Waals surface area (Å²) in [5, 5.41) is 3.42. The number of halogens is 1. The third-order valence-electron chi connectivity index (χ3n) is 3.57. The van der Waals surface area contributed by atoms with Gasteiger partial charge in [0.15, 0.2) is 0 Å². The summed E-state index contributed by atoms with van der Waals surface area (Å²) in [5.74, 6) is 0.462. The maximum atomic E-state index is 12.4. The van der Waals surface area contributed by atoms with Crippen molar-refractivity contribution in [3.63, 3.8) is 0 Å². The van der Waals surface area contributed by atoms with Gasteiger partial charge in [0.1, 0.15) is 17.8 Å². The zero-order valence-corrected chi connectivity index (χ0v) is 14.4. The van der Waals surface area contributed by atoms with Crippen LogP contribution >= 0.6 is 11.6 Å². The van der Waals surface area contributed by atoms with Crippen LogP contribution in [-0.4, -0.2) is 29.5 Å². The summed E-state index contributed by atoms with van der Waals surface area (Å²) in [5.41, 5.74) is 1.96. The molecule has 2 rings (SSSR count). The Morgan fingerprint density at radius 1 is 1.30 bits per heavy atom. The van der Waals surface area contributed by atoms with Gasteiger partial charge in [-0.25, -0.2) is 9.97 Å². The van der Waals surface area contributed by atoms with Crippen molar-refractivity contribution in [3.05, 3.63) is 46.9 Å². The number of nitrogens with one attached hydrogen (secondary N) is 1. The minimum atomic E-state index is -0.275. The number of rotatable bonds is 6. The zero-order chi connectivity index (χ0) is 16.8. The Bertz CT molecular complexity index is 690. The molecular weight excluding hydrogens is 312 g/mol. The highest BCUT2D eigenvalue weighted by molar-refractivity contribution is 6.31. The molecule has 0 aliphatic rings. The Kier molecular flexibility index (Phi) is 5.93.